The van der Waals surface area contributed by atoms with E-state index >= 15 is 0 Å². The summed E-state index contributed by atoms with van der Waals surface area (Å²) in [6.45, 7) is 1.96. The molecule has 122 valence electrons. The molecule has 0 radical (unpaired) electrons. The van der Waals surface area contributed by atoms with Crippen LogP contribution >= 0.6 is 11.3 Å². The Hall–Kier alpha value is -2.60. The first-order chi connectivity index (χ1) is 11.6. The van der Waals surface area contributed by atoms with Crippen LogP contribution in [0.3, 0.4) is 0 Å². The number of hydrogen-bond acceptors (Lipinski definition) is 4. The molecule has 3 aromatic rings. The Bertz CT molecular complexity index is 893. The molecule has 1 fully saturated rings. The number of carbonyl (C=O) groups is 1. The van der Waals surface area contributed by atoms with Crippen molar-refractivity contribution in [2.75, 3.05) is 5.32 Å². The second kappa shape index (κ2) is 5.79. The fraction of sp³-hybridized carbons (Fsp3) is 0.222. The van der Waals surface area contributed by atoms with Crippen LogP contribution in [0.25, 0.3) is 11.4 Å². The number of aromatic nitrogens is 2. The van der Waals surface area contributed by atoms with E-state index in [1.165, 1.54) is 0 Å². The molecule has 3 N–H and O–H groups in total. The Balaban J connectivity index is 1.69. The summed E-state index contributed by atoms with van der Waals surface area (Å²) >= 11 is 1.55. The van der Waals surface area contributed by atoms with Crippen LogP contribution < -0.4 is 11.1 Å². The van der Waals surface area contributed by atoms with Crippen LogP contribution in [0.5, 0.6) is 0 Å². The van der Waals surface area contributed by atoms with E-state index in [-0.39, 0.29) is 5.91 Å². The van der Waals surface area contributed by atoms with Crippen LogP contribution in [0, 0.1) is 6.92 Å². The number of benzene rings is 1. The Kier molecular flexibility index (Phi) is 3.61. The number of thiazole rings is 1. The Labute approximate surface area is 144 Å². The average Bonchev–Trinajstić information content (AvgIpc) is 3.19. The molecule has 0 saturated heterocycles. The van der Waals surface area contributed by atoms with Gasteiger partial charge in [-0.15, -0.1) is 11.3 Å². The minimum absolute atomic E-state index is 0.383. The van der Waals surface area contributed by atoms with Crippen molar-refractivity contribution in [2.45, 2.75) is 25.8 Å². The van der Waals surface area contributed by atoms with E-state index < -0.39 is 0 Å². The summed E-state index contributed by atoms with van der Waals surface area (Å²) in [4.78, 5) is 16.4. The molecule has 0 spiro atoms. The van der Waals surface area contributed by atoms with E-state index in [4.69, 9.17) is 10.7 Å². The molecule has 0 bridgehead atoms. The van der Waals surface area contributed by atoms with Crippen molar-refractivity contribution in [1.82, 2.24) is 9.55 Å². The maximum atomic E-state index is 11.7. The monoisotopic (exact) mass is 338 g/mol. The van der Waals surface area contributed by atoms with Crippen LogP contribution in [0.1, 0.15) is 34.9 Å². The van der Waals surface area contributed by atoms with Crippen molar-refractivity contribution in [3.8, 4) is 11.4 Å². The third kappa shape index (κ3) is 2.69. The Morgan fingerprint density at radius 3 is 2.75 bits per heavy atom. The maximum absolute atomic E-state index is 11.7. The number of nitrogens with one attached hydrogen (secondary N) is 1. The number of para-hydroxylation sites is 1. The highest BCUT2D eigenvalue weighted by Gasteiger charge is 2.30. The van der Waals surface area contributed by atoms with E-state index in [0.29, 0.717) is 11.6 Å². The molecule has 2 aromatic heterocycles. The van der Waals surface area contributed by atoms with Gasteiger partial charge in [0.2, 0.25) is 0 Å². The number of nitrogens with two attached hydrogens (primary N) is 1. The van der Waals surface area contributed by atoms with Gasteiger partial charge in [0.25, 0.3) is 5.91 Å². The lowest BCUT2D eigenvalue weighted by molar-refractivity contribution is 0.0999. The van der Waals surface area contributed by atoms with E-state index in [1.807, 2.05) is 48.7 Å². The van der Waals surface area contributed by atoms with Gasteiger partial charge in [-0.05, 0) is 38.0 Å². The second-order valence-corrected chi connectivity index (χ2v) is 6.88. The van der Waals surface area contributed by atoms with Crippen LogP contribution in [0.4, 0.5) is 10.8 Å². The lowest BCUT2D eigenvalue weighted by atomic mass is 10.2. The smallest absolute Gasteiger partial charge is 0.250 e. The van der Waals surface area contributed by atoms with Gasteiger partial charge >= 0.3 is 0 Å². The van der Waals surface area contributed by atoms with Crippen molar-refractivity contribution in [1.29, 1.82) is 0 Å². The van der Waals surface area contributed by atoms with Gasteiger partial charge in [0, 0.05) is 22.8 Å². The number of anilines is 2. The standard InChI is InChI=1S/C18H18N4OS/c1-11-14(17(19)23)9-16(22(11)13-7-8-13)15-10-24-18(21-15)20-12-5-3-2-4-6-12/h2-6,9-10,13H,7-8H2,1H3,(H2,19,23)(H,20,21). The fourth-order valence-corrected chi connectivity index (χ4v) is 3.69. The van der Waals surface area contributed by atoms with Crippen molar-refractivity contribution in [3.05, 3.63) is 53.0 Å². The third-order valence-electron chi connectivity index (χ3n) is 4.26. The molecular weight excluding hydrogens is 320 g/mol. The fourth-order valence-electron chi connectivity index (χ4n) is 2.96. The number of amides is 1. The highest BCUT2D eigenvalue weighted by atomic mass is 32.1. The van der Waals surface area contributed by atoms with Crippen molar-refractivity contribution in [3.63, 3.8) is 0 Å². The van der Waals surface area contributed by atoms with Crippen molar-refractivity contribution in [2.24, 2.45) is 5.73 Å². The summed E-state index contributed by atoms with van der Waals surface area (Å²) in [6.07, 6.45) is 2.28. The minimum atomic E-state index is -0.383. The second-order valence-electron chi connectivity index (χ2n) is 6.02. The van der Waals surface area contributed by atoms with Gasteiger partial charge < -0.3 is 15.6 Å². The normalized spacial score (nSPS) is 13.9. The summed E-state index contributed by atoms with van der Waals surface area (Å²) in [7, 11) is 0. The van der Waals surface area contributed by atoms with Gasteiger partial charge in [0.1, 0.15) is 0 Å². The van der Waals surface area contributed by atoms with Crippen LogP contribution in [0.15, 0.2) is 41.8 Å². The van der Waals surface area contributed by atoms with Gasteiger partial charge in [-0.3, -0.25) is 4.79 Å². The molecule has 1 aliphatic rings. The van der Waals surface area contributed by atoms with E-state index in [9.17, 15) is 4.79 Å². The van der Waals surface area contributed by atoms with Crippen molar-refractivity contribution >= 4 is 28.1 Å². The summed E-state index contributed by atoms with van der Waals surface area (Å²) in [6, 6.07) is 12.3. The third-order valence-corrected chi connectivity index (χ3v) is 5.02. The van der Waals surface area contributed by atoms with Crippen LogP contribution in [-0.4, -0.2) is 15.5 Å². The largest absolute Gasteiger partial charge is 0.366 e. The molecule has 2 heterocycles. The molecule has 0 aliphatic heterocycles. The topological polar surface area (TPSA) is 72.9 Å². The first kappa shape index (κ1) is 15.0. The Morgan fingerprint density at radius 1 is 1.33 bits per heavy atom. The summed E-state index contributed by atoms with van der Waals surface area (Å²) in [5, 5.41) is 6.16. The maximum Gasteiger partial charge on any atom is 0.250 e. The molecule has 5 nitrogen and oxygen atoms in total. The molecule has 1 amide bonds. The van der Waals surface area contributed by atoms with Crippen LogP contribution in [0.2, 0.25) is 0 Å². The number of primary amides is 1. The molecule has 1 saturated carbocycles. The zero-order valence-electron chi connectivity index (χ0n) is 13.3. The first-order valence-electron chi connectivity index (χ1n) is 7.93. The average molecular weight is 338 g/mol. The molecule has 6 heteroatoms. The molecule has 1 aromatic carbocycles. The molecule has 4 rings (SSSR count). The van der Waals surface area contributed by atoms with E-state index in [2.05, 4.69) is 9.88 Å². The van der Waals surface area contributed by atoms with Gasteiger partial charge in [0.05, 0.1) is 17.0 Å². The quantitative estimate of drug-likeness (QED) is 0.735. The molecule has 1 aliphatic carbocycles. The van der Waals surface area contributed by atoms with Crippen LogP contribution in [-0.2, 0) is 0 Å². The van der Waals surface area contributed by atoms with Gasteiger partial charge in [-0.25, -0.2) is 4.98 Å². The SMILES string of the molecule is Cc1c(C(N)=O)cc(-c2csc(Nc3ccccc3)n2)n1C1CC1. The Morgan fingerprint density at radius 2 is 2.08 bits per heavy atom. The van der Waals surface area contributed by atoms with E-state index in [1.54, 1.807) is 11.3 Å². The predicted octanol–water partition coefficient (Wildman–Crippen LogP) is 4.10. The highest BCUT2D eigenvalue weighted by molar-refractivity contribution is 7.14. The minimum Gasteiger partial charge on any atom is -0.366 e. The molecule has 0 unspecified atom stereocenters. The molecule has 24 heavy (non-hydrogen) atoms. The van der Waals surface area contributed by atoms with E-state index in [0.717, 1.165) is 40.7 Å². The summed E-state index contributed by atoms with van der Waals surface area (Å²) in [5.41, 5.74) is 9.90. The van der Waals surface area contributed by atoms with Gasteiger partial charge in [-0.1, -0.05) is 18.2 Å². The van der Waals surface area contributed by atoms with Crippen molar-refractivity contribution < 1.29 is 4.79 Å². The number of carbonyl (C=O) groups excluding carboxylic acids is 1. The zero-order valence-corrected chi connectivity index (χ0v) is 14.1. The molecule has 0 atom stereocenters. The summed E-state index contributed by atoms with van der Waals surface area (Å²) < 4.78 is 2.21. The molecular formula is C18H18N4OS. The number of rotatable bonds is 5. The number of hydrogen-bond donors (Lipinski definition) is 2. The zero-order chi connectivity index (χ0) is 16.7. The number of nitrogens with zero attached hydrogens (tertiary/aromatic N) is 2. The predicted molar refractivity (Wildman–Crippen MR) is 96.8 cm³/mol. The van der Waals surface area contributed by atoms with Gasteiger partial charge in [-0.2, -0.15) is 0 Å². The lowest BCUT2D eigenvalue weighted by Crippen LogP contribution is -2.12. The lowest BCUT2D eigenvalue weighted by Gasteiger charge is -2.08. The summed E-state index contributed by atoms with van der Waals surface area (Å²) in [5.74, 6) is -0.383. The van der Waals surface area contributed by atoms with Gasteiger partial charge in [0.15, 0.2) is 5.13 Å². The first-order valence-corrected chi connectivity index (χ1v) is 8.81. The highest BCUT2D eigenvalue weighted by Crippen LogP contribution is 2.42.